The molecule has 7 heteroatoms. The number of ether oxygens (including phenoxy) is 1. The van der Waals surface area contributed by atoms with Gasteiger partial charge in [-0.3, -0.25) is 14.4 Å². The van der Waals surface area contributed by atoms with Crippen molar-refractivity contribution in [1.82, 2.24) is 9.80 Å². The van der Waals surface area contributed by atoms with Gasteiger partial charge >= 0.3 is 5.97 Å². The average molecular weight is 548 g/mol. The van der Waals surface area contributed by atoms with Crippen molar-refractivity contribution in [3.05, 3.63) is 66.2 Å². The van der Waals surface area contributed by atoms with E-state index in [1.165, 1.54) is 0 Å². The van der Waals surface area contributed by atoms with E-state index >= 15 is 0 Å². The van der Waals surface area contributed by atoms with Gasteiger partial charge < -0.3 is 19.4 Å². The highest BCUT2D eigenvalue weighted by Crippen LogP contribution is 2.40. The van der Waals surface area contributed by atoms with E-state index in [1.54, 1.807) is 0 Å². The van der Waals surface area contributed by atoms with E-state index < -0.39 is 5.54 Å². The fourth-order valence-corrected chi connectivity index (χ4v) is 5.70. The van der Waals surface area contributed by atoms with Crippen LogP contribution in [0.2, 0.25) is 0 Å². The first kappa shape index (κ1) is 29.6. The molecule has 216 valence electrons. The quantitative estimate of drug-likeness (QED) is 0.263. The van der Waals surface area contributed by atoms with Gasteiger partial charge in [-0.1, -0.05) is 75.7 Å². The lowest BCUT2D eigenvalue weighted by molar-refractivity contribution is -0.145. The summed E-state index contributed by atoms with van der Waals surface area (Å²) in [4.78, 5) is 45.1. The Kier molecular flexibility index (Phi) is 9.88. The Bertz CT molecular complexity index is 1120. The number of piperidine rings is 1. The van der Waals surface area contributed by atoms with Crippen molar-refractivity contribution >= 4 is 23.5 Å². The molecule has 2 aromatic rings. The molecule has 2 heterocycles. The SMILES string of the molecule is CC(C)(C)CCC(=O)N1CCC2(CC1)C(=O)N(CCCCCC(=O)OCc1ccccc1)CN2c1ccccc1. The van der Waals surface area contributed by atoms with Crippen LogP contribution in [0.3, 0.4) is 0 Å². The van der Waals surface area contributed by atoms with Crippen LogP contribution in [0.15, 0.2) is 60.7 Å². The minimum atomic E-state index is -0.608. The summed E-state index contributed by atoms with van der Waals surface area (Å²) in [5.74, 6) is 0.181. The lowest BCUT2D eigenvalue weighted by Crippen LogP contribution is -2.57. The molecule has 0 aromatic heterocycles. The summed E-state index contributed by atoms with van der Waals surface area (Å²) in [5.41, 5.74) is 1.55. The molecule has 2 aliphatic heterocycles. The number of hydrogen-bond donors (Lipinski definition) is 0. The molecule has 0 saturated carbocycles. The molecule has 0 atom stereocenters. The molecule has 2 saturated heterocycles. The molecule has 2 amide bonds. The summed E-state index contributed by atoms with van der Waals surface area (Å²) >= 11 is 0. The van der Waals surface area contributed by atoms with Crippen molar-refractivity contribution in [3.63, 3.8) is 0 Å². The van der Waals surface area contributed by atoms with Crippen LogP contribution in [0.4, 0.5) is 5.69 Å². The summed E-state index contributed by atoms with van der Waals surface area (Å²) in [6.07, 6.45) is 5.54. The first-order valence-electron chi connectivity index (χ1n) is 14.8. The number of nitrogens with zero attached hydrogens (tertiary/aromatic N) is 3. The van der Waals surface area contributed by atoms with Crippen molar-refractivity contribution in [2.45, 2.75) is 84.3 Å². The number of amides is 2. The maximum absolute atomic E-state index is 13.9. The second kappa shape index (κ2) is 13.3. The third kappa shape index (κ3) is 7.64. The van der Waals surface area contributed by atoms with Crippen LogP contribution in [0.1, 0.15) is 77.7 Å². The molecule has 2 fully saturated rings. The van der Waals surface area contributed by atoms with E-state index in [0.717, 1.165) is 36.9 Å². The maximum Gasteiger partial charge on any atom is 0.306 e. The average Bonchev–Trinajstić information content (AvgIpc) is 3.22. The lowest BCUT2D eigenvalue weighted by atomic mass is 9.84. The molecule has 4 rings (SSSR count). The Morgan fingerprint density at radius 1 is 0.875 bits per heavy atom. The van der Waals surface area contributed by atoms with Crippen molar-refractivity contribution in [2.24, 2.45) is 5.41 Å². The van der Waals surface area contributed by atoms with Gasteiger partial charge in [0.25, 0.3) is 0 Å². The topological polar surface area (TPSA) is 70.2 Å². The number of carbonyl (C=O) groups is 3. The summed E-state index contributed by atoms with van der Waals surface area (Å²) in [6, 6.07) is 19.9. The molecular weight excluding hydrogens is 502 g/mol. The molecule has 0 radical (unpaired) electrons. The second-order valence-electron chi connectivity index (χ2n) is 12.4. The Morgan fingerprint density at radius 3 is 2.17 bits per heavy atom. The molecule has 1 spiro atoms. The largest absolute Gasteiger partial charge is 0.461 e. The molecule has 0 bridgehead atoms. The fourth-order valence-electron chi connectivity index (χ4n) is 5.70. The van der Waals surface area contributed by atoms with E-state index in [2.05, 4.69) is 37.8 Å². The number of esters is 1. The number of carbonyl (C=O) groups excluding carboxylic acids is 3. The van der Waals surface area contributed by atoms with Crippen LogP contribution in [0.25, 0.3) is 0 Å². The smallest absolute Gasteiger partial charge is 0.306 e. The molecule has 0 aliphatic carbocycles. The minimum Gasteiger partial charge on any atom is -0.461 e. The van der Waals surface area contributed by atoms with E-state index in [-0.39, 0.29) is 23.2 Å². The van der Waals surface area contributed by atoms with Gasteiger partial charge in [0, 0.05) is 38.2 Å². The highest BCUT2D eigenvalue weighted by Gasteiger charge is 2.53. The zero-order chi connectivity index (χ0) is 28.6. The van der Waals surface area contributed by atoms with Gasteiger partial charge in [0.1, 0.15) is 12.1 Å². The van der Waals surface area contributed by atoms with Crippen LogP contribution in [-0.4, -0.2) is 59.4 Å². The molecule has 40 heavy (non-hydrogen) atoms. The van der Waals surface area contributed by atoms with Crippen LogP contribution < -0.4 is 4.90 Å². The Balaban J connectivity index is 1.28. The molecule has 2 aliphatic rings. The van der Waals surface area contributed by atoms with Gasteiger partial charge in [-0.15, -0.1) is 0 Å². The number of unbranched alkanes of at least 4 members (excludes halogenated alkanes) is 2. The van der Waals surface area contributed by atoms with Gasteiger partial charge in [-0.05, 0) is 55.2 Å². The normalized spacial score (nSPS) is 17.0. The predicted octanol–water partition coefficient (Wildman–Crippen LogP) is 5.78. The van der Waals surface area contributed by atoms with Crippen molar-refractivity contribution in [3.8, 4) is 0 Å². The summed E-state index contributed by atoms with van der Waals surface area (Å²) in [5, 5.41) is 0. The summed E-state index contributed by atoms with van der Waals surface area (Å²) < 4.78 is 5.38. The van der Waals surface area contributed by atoms with E-state index in [4.69, 9.17) is 4.74 Å². The second-order valence-corrected chi connectivity index (χ2v) is 12.4. The molecular formula is C33H45N3O4. The third-order valence-corrected chi connectivity index (χ3v) is 8.17. The summed E-state index contributed by atoms with van der Waals surface area (Å²) in [6.45, 7) is 9.22. The third-order valence-electron chi connectivity index (χ3n) is 8.17. The van der Waals surface area contributed by atoms with Crippen molar-refractivity contribution in [2.75, 3.05) is 31.2 Å². The number of benzene rings is 2. The van der Waals surface area contributed by atoms with Crippen LogP contribution >= 0.6 is 0 Å². The molecule has 7 nitrogen and oxygen atoms in total. The Hall–Kier alpha value is -3.35. The lowest BCUT2D eigenvalue weighted by Gasteiger charge is -2.43. The Morgan fingerprint density at radius 2 is 1.52 bits per heavy atom. The number of para-hydroxylation sites is 1. The van der Waals surface area contributed by atoms with Crippen molar-refractivity contribution in [1.29, 1.82) is 0 Å². The van der Waals surface area contributed by atoms with Gasteiger partial charge in [0.2, 0.25) is 11.8 Å². The number of likely N-dealkylation sites (tertiary alicyclic amines) is 1. The zero-order valence-corrected chi connectivity index (χ0v) is 24.4. The van der Waals surface area contributed by atoms with E-state index in [1.807, 2.05) is 58.3 Å². The first-order chi connectivity index (χ1) is 19.2. The monoisotopic (exact) mass is 547 g/mol. The predicted molar refractivity (Wildman–Crippen MR) is 157 cm³/mol. The minimum absolute atomic E-state index is 0.126. The van der Waals surface area contributed by atoms with Gasteiger partial charge in [0.05, 0.1) is 6.67 Å². The van der Waals surface area contributed by atoms with Crippen LogP contribution in [0, 0.1) is 5.41 Å². The van der Waals surface area contributed by atoms with Crippen LogP contribution in [0.5, 0.6) is 0 Å². The van der Waals surface area contributed by atoms with Gasteiger partial charge in [-0.25, -0.2) is 0 Å². The fraction of sp³-hybridized carbons (Fsp3) is 0.545. The Labute approximate surface area is 239 Å². The molecule has 0 unspecified atom stereocenters. The van der Waals surface area contributed by atoms with Gasteiger partial charge in [-0.2, -0.15) is 0 Å². The van der Waals surface area contributed by atoms with E-state index in [0.29, 0.717) is 58.6 Å². The first-order valence-corrected chi connectivity index (χ1v) is 14.8. The maximum atomic E-state index is 13.9. The van der Waals surface area contributed by atoms with Gasteiger partial charge in [0.15, 0.2) is 0 Å². The number of anilines is 1. The van der Waals surface area contributed by atoms with Crippen molar-refractivity contribution < 1.29 is 19.1 Å². The van der Waals surface area contributed by atoms with Crippen LogP contribution in [-0.2, 0) is 25.7 Å². The number of rotatable bonds is 11. The standard InChI is InChI=1S/C33H45N3O4/c1-32(2,3)19-18-29(37)34-23-20-33(21-24-34)31(39)35(26-36(33)28-15-9-5-10-16-28)22-12-6-11-17-30(38)40-25-27-13-7-4-8-14-27/h4-5,7-10,13-16H,6,11-12,17-26H2,1-3H3. The molecule has 0 N–H and O–H groups in total. The number of hydrogen-bond acceptors (Lipinski definition) is 5. The van der Waals surface area contributed by atoms with E-state index in [9.17, 15) is 14.4 Å². The summed E-state index contributed by atoms with van der Waals surface area (Å²) in [7, 11) is 0. The highest BCUT2D eigenvalue weighted by molar-refractivity contribution is 5.94. The zero-order valence-electron chi connectivity index (χ0n) is 24.4. The highest BCUT2D eigenvalue weighted by atomic mass is 16.5. The molecule has 2 aromatic carbocycles.